The number of hydrogen-bond donors (Lipinski definition) is 0. The predicted octanol–water partition coefficient (Wildman–Crippen LogP) is 12.8. The molecule has 1 saturated heterocycles. The molecule has 0 saturated carbocycles. The fourth-order valence-electron chi connectivity index (χ4n) is 10.6. The Hall–Kier alpha value is 1.06. The molecule has 10 heteroatoms. The van der Waals surface area contributed by atoms with E-state index in [1.165, 1.54) is 0 Å². The molecule has 0 unspecified atom stereocenters. The Morgan fingerprint density at radius 1 is 0.468 bits per heavy atom. The van der Waals surface area contributed by atoms with E-state index >= 15 is 0 Å². The predicted molar refractivity (Wildman–Crippen MR) is 245 cm³/mol. The minimum atomic E-state index is -2.61. The van der Waals surface area contributed by atoms with E-state index in [1.807, 2.05) is 16.6 Å². The van der Waals surface area contributed by atoms with Gasteiger partial charge in [0.15, 0.2) is 0 Å². The van der Waals surface area contributed by atoms with E-state index in [0.717, 1.165) is 15.5 Å². The molecule has 0 N–H and O–H groups in total. The van der Waals surface area contributed by atoms with Crippen LogP contribution in [0.1, 0.15) is 32.2 Å². The van der Waals surface area contributed by atoms with Crippen molar-refractivity contribution >= 4 is 92.6 Å². The number of hydrogen-bond acceptors (Lipinski definition) is 2. The van der Waals surface area contributed by atoms with Crippen LogP contribution in [-0.2, 0) is 0 Å². The van der Waals surface area contributed by atoms with Crippen molar-refractivity contribution in [2.45, 2.75) is 141 Å². The van der Waals surface area contributed by atoms with Crippen LogP contribution in [0.25, 0.3) is 0 Å². The Labute approximate surface area is 308 Å². The van der Waals surface area contributed by atoms with Gasteiger partial charge in [-0.15, -0.1) is 0 Å². The van der Waals surface area contributed by atoms with Gasteiger partial charge < -0.3 is 0 Å². The average molecular weight is 879 g/mol. The van der Waals surface area contributed by atoms with E-state index in [1.54, 1.807) is 5.56 Å². The Bertz CT molecular complexity index is 1290. The summed E-state index contributed by atoms with van der Waals surface area (Å²) in [6.07, 6.45) is 19.6. The van der Waals surface area contributed by atoms with Crippen molar-refractivity contribution in [3.05, 3.63) is 77.4 Å². The van der Waals surface area contributed by atoms with Crippen molar-refractivity contribution in [2.75, 3.05) is 0 Å². The molecule has 47 heavy (non-hydrogen) atoms. The zero-order valence-electron chi connectivity index (χ0n) is 33.5. The second-order valence-corrected chi connectivity index (χ2v) is 76.9. The number of benzene rings is 1. The SMILES string of the molecule is C[Si](C)(C)C(c1cc(C([Si](C)(C)C)[Si](C)(C)C)c(B2[S][Sb]([CH]3C=CC=C3)([CH]3C=CC=C3)[S]2)c(C([Si](C)(C)C)[Si](C)(C)C)c1)[Si](C)(C)C. The van der Waals surface area contributed by atoms with Crippen molar-refractivity contribution in [3.63, 3.8) is 0 Å². The molecule has 0 spiro atoms. The first-order chi connectivity index (χ1) is 21.1. The molecule has 0 aromatic heterocycles. The Kier molecular flexibility index (Phi) is 12.0. The molecule has 1 aromatic rings. The fourth-order valence-corrected chi connectivity index (χ4v) is 78.9. The van der Waals surface area contributed by atoms with Gasteiger partial charge in [0.1, 0.15) is 0 Å². The zero-order chi connectivity index (χ0) is 35.8. The van der Waals surface area contributed by atoms with Crippen molar-refractivity contribution < 1.29 is 0 Å². The van der Waals surface area contributed by atoms with Crippen LogP contribution in [0, 0.1) is 0 Å². The van der Waals surface area contributed by atoms with Crippen LogP contribution in [0.15, 0.2) is 60.7 Å². The van der Waals surface area contributed by atoms with Gasteiger partial charge >= 0.3 is 311 Å². The molecule has 4 rings (SSSR count). The summed E-state index contributed by atoms with van der Waals surface area (Å²) in [6.45, 7) is 48.6. The first kappa shape index (κ1) is 40.8. The normalized spacial score (nSPS) is 19.7. The van der Waals surface area contributed by atoms with Gasteiger partial charge in [-0.1, -0.05) is 0 Å². The molecular formula is C37H69BS2SbSi6. The molecule has 261 valence electrons. The third-order valence-electron chi connectivity index (χ3n) is 10.5. The van der Waals surface area contributed by atoms with Crippen molar-refractivity contribution in [2.24, 2.45) is 0 Å². The van der Waals surface area contributed by atoms with E-state index < -0.39 is 64.4 Å². The quantitative estimate of drug-likeness (QED) is 0.192. The fraction of sp³-hybridized carbons (Fsp3) is 0.622. The van der Waals surface area contributed by atoms with Crippen LogP contribution in [-0.4, -0.2) is 69.7 Å². The topological polar surface area (TPSA) is 0 Å². The maximum atomic E-state index is 2.92. The molecular weight excluding hydrogens is 810 g/mol. The number of rotatable bonds is 12. The summed E-state index contributed by atoms with van der Waals surface area (Å²) < 4.78 is 1.36. The third-order valence-corrected chi connectivity index (χ3v) is 69.0. The molecule has 1 radical (unpaired) electrons. The first-order valence-corrected chi connectivity index (χ1v) is 50.6. The van der Waals surface area contributed by atoms with Crippen molar-refractivity contribution in [1.29, 1.82) is 0 Å². The summed E-state index contributed by atoms with van der Waals surface area (Å²) in [5, 5.41) is 2.89. The molecule has 0 amide bonds. The summed E-state index contributed by atoms with van der Waals surface area (Å²) in [7, 11) is -4.11. The molecule has 0 nitrogen and oxygen atoms in total. The summed E-state index contributed by atoms with van der Waals surface area (Å²) in [6, 6.07) is 5.85. The minimum absolute atomic E-state index is 0.590. The van der Waals surface area contributed by atoms with Crippen LogP contribution in [0.4, 0.5) is 0 Å². The first-order valence-electron chi connectivity index (χ1n) is 18.2. The molecule has 1 heterocycles. The van der Waals surface area contributed by atoms with Gasteiger partial charge in [-0.3, -0.25) is 0 Å². The van der Waals surface area contributed by atoms with Crippen LogP contribution in [0.2, 0.25) is 126 Å². The van der Waals surface area contributed by atoms with Gasteiger partial charge in [0, 0.05) is 0 Å². The van der Waals surface area contributed by atoms with Crippen molar-refractivity contribution in [1.82, 2.24) is 0 Å². The van der Waals surface area contributed by atoms with E-state index in [9.17, 15) is 0 Å². The summed E-state index contributed by atoms with van der Waals surface area (Å²) in [4.78, 5) is 0. The monoisotopic (exact) mass is 877 g/mol. The van der Waals surface area contributed by atoms with E-state index in [-0.39, 0.29) is 0 Å². The third kappa shape index (κ3) is 8.66. The summed E-state index contributed by atoms with van der Waals surface area (Å²) in [5.41, 5.74) is 7.35. The van der Waals surface area contributed by atoms with Crippen molar-refractivity contribution in [3.8, 4) is 0 Å². The van der Waals surface area contributed by atoms with Gasteiger partial charge in [0.2, 0.25) is 0 Å². The molecule has 1 fully saturated rings. The Balaban J connectivity index is 2.13. The molecule has 1 aliphatic heterocycles. The maximum absolute atomic E-state index is 2.92. The number of allylic oxidation sites excluding steroid dienone is 8. The Morgan fingerprint density at radius 3 is 1.00 bits per heavy atom. The van der Waals surface area contributed by atoms with Gasteiger partial charge in [-0.25, -0.2) is 0 Å². The Morgan fingerprint density at radius 2 is 0.745 bits per heavy atom. The van der Waals surface area contributed by atoms with Crippen LogP contribution in [0.5, 0.6) is 0 Å². The average Bonchev–Trinajstić information content (AvgIpc) is 3.49. The van der Waals surface area contributed by atoms with E-state index in [0.29, 0.717) is 13.0 Å². The summed E-state index contributed by atoms with van der Waals surface area (Å²) >= 11 is -2.61. The van der Waals surface area contributed by atoms with E-state index in [4.69, 9.17) is 0 Å². The molecule has 1 aromatic carbocycles. The van der Waals surface area contributed by atoms with Gasteiger partial charge in [0.05, 0.1) is 0 Å². The van der Waals surface area contributed by atoms with Crippen LogP contribution in [0.3, 0.4) is 0 Å². The molecule has 2 aliphatic carbocycles. The van der Waals surface area contributed by atoms with E-state index in [2.05, 4.69) is 196 Å². The second-order valence-electron chi connectivity index (χ2n) is 21.3. The second kappa shape index (κ2) is 13.8. The van der Waals surface area contributed by atoms with Gasteiger partial charge in [0.25, 0.3) is 0 Å². The molecule has 0 bridgehead atoms. The zero-order valence-corrected chi connectivity index (χ0v) is 43.7. The summed E-state index contributed by atoms with van der Waals surface area (Å²) in [5.74, 6) is 0. The standard InChI is InChI=1S/C27H59BS2Si6.2C5H5.Sb/c1-31(2,3)25(32(4,5)6)21-19-22(26(33(7,8)9)34(10,11)12)24(28(29)30)23(20-21)27(35(13,14)15)36(16,17)18;2*1-2-4-5-3-1;/h19-20,25-27H,1-18H3;2*1-5H;/q-2;;;+2. The molecule has 0 atom stereocenters. The van der Waals surface area contributed by atoms with Gasteiger partial charge in [-0.05, 0) is 0 Å². The van der Waals surface area contributed by atoms with Crippen LogP contribution >= 0.6 is 17.4 Å². The van der Waals surface area contributed by atoms with Crippen LogP contribution < -0.4 is 5.46 Å². The molecule has 3 aliphatic rings. The van der Waals surface area contributed by atoms with Gasteiger partial charge in [-0.2, -0.15) is 0 Å².